The van der Waals surface area contributed by atoms with Crippen molar-refractivity contribution in [2.24, 2.45) is 0 Å². The van der Waals surface area contributed by atoms with E-state index in [1.165, 1.54) is 5.56 Å². The Bertz CT molecular complexity index is 921. The summed E-state index contributed by atoms with van der Waals surface area (Å²) in [5.41, 5.74) is 2.84. The summed E-state index contributed by atoms with van der Waals surface area (Å²) in [6.07, 6.45) is 0.660. The number of phenolic OH excluding ortho intramolecular Hbond substituents is 1. The largest absolute Gasteiger partial charge is 0.507 e. The molecule has 1 aliphatic rings. The predicted octanol–water partition coefficient (Wildman–Crippen LogP) is 6.21. The Hall–Kier alpha value is -2.14. The summed E-state index contributed by atoms with van der Waals surface area (Å²) in [5.74, 6) is 1.04. The van der Waals surface area contributed by atoms with Crippen molar-refractivity contribution in [3.63, 3.8) is 0 Å². The van der Waals surface area contributed by atoms with Gasteiger partial charge in [-0.3, -0.25) is 10.2 Å². The average molecular weight is 487 g/mol. The second-order valence-electron chi connectivity index (χ2n) is 10.5. The molecular formula is C26H35BrN2O2. The Labute approximate surface area is 197 Å². The molecule has 0 saturated carbocycles. The van der Waals surface area contributed by atoms with Gasteiger partial charge in [-0.15, -0.1) is 17.0 Å². The van der Waals surface area contributed by atoms with Crippen molar-refractivity contribution >= 4 is 28.6 Å². The lowest BCUT2D eigenvalue weighted by molar-refractivity contribution is 0.0964. The Morgan fingerprint density at radius 3 is 2.03 bits per heavy atom. The van der Waals surface area contributed by atoms with Gasteiger partial charge in [-0.25, -0.2) is 0 Å². The van der Waals surface area contributed by atoms with E-state index in [-0.39, 0.29) is 51.8 Å². The first kappa shape index (κ1) is 25.1. The molecular weight excluding hydrogens is 452 g/mol. The minimum atomic E-state index is -0.279. The van der Waals surface area contributed by atoms with Gasteiger partial charge in [-0.2, -0.15) is 0 Å². The van der Waals surface area contributed by atoms with Gasteiger partial charge in [0.15, 0.2) is 5.78 Å². The van der Waals surface area contributed by atoms with Crippen molar-refractivity contribution in [3.05, 3.63) is 64.7 Å². The number of rotatable bonds is 4. The van der Waals surface area contributed by atoms with E-state index in [9.17, 15) is 9.90 Å². The molecule has 1 saturated heterocycles. The summed E-state index contributed by atoms with van der Waals surface area (Å²) in [5, 5.41) is 19.3. The monoisotopic (exact) mass is 486 g/mol. The highest BCUT2D eigenvalue weighted by Crippen LogP contribution is 2.40. The Kier molecular flexibility index (Phi) is 7.42. The van der Waals surface area contributed by atoms with Gasteiger partial charge in [0.25, 0.3) is 0 Å². The number of amidine groups is 1. The summed E-state index contributed by atoms with van der Waals surface area (Å²) in [4.78, 5) is 15.1. The highest BCUT2D eigenvalue weighted by molar-refractivity contribution is 8.93. The third kappa shape index (κ3) is 5.57. The Morgan fingerprint density at radius 2 is 1.55 bits per heavy atom. The molecule has 5 heteroatoms. The van der Waals surface area contributed by atoms with Crippen LogP contribution in [0.2, 0.25) is 0 Å². The maximum absolute atomic E-state index is 13.2. The van der Waals surface area contributed by atoms with Gasteiger partial charge < -0.3 is 10.0 Å². The van der Waals surface area contributed by atoms with E-state index in [4.69, 9.17) is 5.41 Å². The first-order chi connectivity index (χ1) is 13.9. The maximum atomic E-state index is 13.2. The zero-order chi connectivity index (χ0) is 22.3. The third-order valence-electron chi connectivity index (χ3n) is 5.92. The lowest BCUT2D eigenvalue weighted by Crippen LogP contribution is -2.31. The first-order valence-electron chi connectivity index (χ1n) is 10.7. The Morgan fingerprint density at radius 1 is 1.03 bits per heavy atom. The fraction of sp³-hybridized carbons (Fsp3) is 0.462. The summed E-state index contributed by atoms with van der Waals surface area (Å²) in [7, 11) is 0. The molecule has 0 aliphatic carbocycles. The molecule has 1 atom stereocenters. The van der Waals surface area contributed by atoms with E-state index >= 15 is 0 Å². The summed E-state index contributed by atoms with van der Waals surface area (Å²) >= 11 is 0. The standard InChI is InChI=1S/C26H34N2O2.BrH/c1-25(2,3)20-12-18(13-21(24(20)30)26(4,5)6)22(29)16-28-15-19(14-23(28)27)17-10-8-7-9-11-17;/h7-13,19,27,30H,14-16H2,1-6H3;1H. The van der Waals surface area contributed by atoms with E-state index in [2.05, 4.69) is 12.1 Å². The maximum Gasteiger partial charge on any atom is 0.182 e. The van der Waals surface area contributed by atoms with Crippen molar-refractivity contribution in [2.75, 3.05) is 13.1 Å². The molecule has 2 aromatic carbocycles. The van der Waals surface area contributed by atoms with Gasteiger partial charge in [0.1, 0.15) is 5.75 Å². The van der Waals surface area contributed by atoms with E-state index in [0.717, 1.165) is 11.1 Å². The van der Waals surface area contributed by atoms with Crippen LogP contribution in [0.1, 0.15) is 80.9 Å². The lowest BCUT2D eigenvalue weighted by Gasteiger charge is -2.28. The average Bonchev–Trinajstić information content (AvgIpc) is 3.01. The normalized spacial score (nSPS) is 16.9. The number of ketones is 1. The fourth-order valence-corrected chi connectivity index (χ4v) is 4.12. The summed E-state index contributed by atoms with van der Waals surface area (Å²) in [6, 6.07) is 13.9. The molecule has 0 spiro atoms. The molecule has 0 aromatic heterocycles. The highest BCUT2D eigenvalue weighted by Gasteiger charge is 2.31. The minimum Gasteiger partial charge on any atom is -0.507 e. The number of carbonyl (C=O) groups excluding carboxylic acids is 1. The number of nitrogens with zero attached hydrogens (tertiary/aromatic N) is 1. The van der Waals surface area contributed by atoms with Crippen LogP contribution in [0.4, 0.5) is 0 Å². The molecule has 4 nitrogen and oxygen atoms in total. The van der Waals surface area contributed by atoms with Crippen LogP contribution >= 0.6 is 17.0 Å². The molecule has 0 radical (unpaired) electrons. The number of aromatic hydroxyl groups is 1. The van der Waals surface area contributed by atoms with E-state index in [1.807, 2.05) is 76.8 Å². The SMILES string of the molecule is Br.CC(C)(C)c1cc(C(=O)CN2CC(c3ccccc3)CC2=N)cc(C(C)(C)C)c1O. The molecule has 0 amide bonds. The van der Waals surface area contributed by atoms with Crippen LogP contribution in [0.15, 0.2) is 42.5 Å². The predicted molar refractivity (Wildman–Crippen MR) is 133 cm³/mol. The van der Waals surface area contributed by atoms with Gasteiger partial charge in [-0.05, 0) is 28.5 Å². The molecule has 1 fully saturated rings. The molecule has 2 aromatic rings. The third-order valence-corrected chi connectivity index (χ3v) is 5.92. The van der Waals surface area contributed by atoms with Gasteiger partial charge in [0.2, 0.25) is 0 Å². The number of likely N-dealkylation sites (tertiary alicyclic amines) is 1. The Balaban J connectivity index is 0.00000341. The smallest absolute Gasteiger partial charge is 0.182 e. The minimum absolute atomic E-state index is 0. The topological polar surface area (TPSA) is 64.4 Å². The van der Waals surface area contributed by atoms with Crippen LogP contribution in [0.25, 0.3) is 0 Å². The lowest BCUT2D eigenvalue weighted by atomic mass is 9.78. The highest BCUT2D eigenvalue weighted by atomic mass is 79.9. The zero-order valence-electron chi connectivity index (χ0n) is 19.5. The molecule has 3 rings (SSSR count). The number of Topliss-reactive ketones (excluding diaryl/α,β-unsaturated/α-hetero) is 1. The van der Waals surface area contributed by atoms with Crippen LogP contribution in [0, 0.1) is 5.41 Å². The van der Waals surface area contributed by atoms with Crippen LogP contribution in [-0.2, 0) is 10.8 Å². The van der Waals surface area contributed by atoms with Crippen molar-refractivity contribution in [3.8, 4) is 5.75 Å². The van der Waals surface area contributed by atoms with Crippen molar-refractivity contribution in [2.45, 2.75) is 64.7 Å². The summed E-state index contributed by atoms with van der Waals surface area (Å²) < 4.78 is 0. The number of nitrogens with one attached hydrogen (secondary N) is 1. The number of halogens is 1. The molecule has 31 heavy (non-hydrogen) atoms. The number of hydrogen-bond donors (Lipinski definition) is 2. The number of benzene rings is 2. The second kappa shape index (κ2) is 9.15. The quantitative estimate of drug-likeness (QED) is 0.504. The van der Waals surface area contributed by atoms with E-state index in [1.54, 1.807) is 0 Å². The molecule has 1 unspecified atom stereocenters. The molecule has 168 valence electrons. The van der Waals surface area contributed by atoms with Gasteiger partial charge in [-0.1, -0.05) is 71.9 Å². The van der Waals surface area contributed by atoms with Crippen LogP contribution < -0.4 is 0 Å². The molecule has 1 heterocycles. The van der Waals surface area contributed by atoms with Crippen LogP contribution in [0.3, 0.4) is 0 Å². The summed E-state index contributed by atoms with van der Waals surface area (Å²) in [6.45, 7) is 13.2. The van der Waals surface area contributed by atoms with Crippen molar-refractivity contribution < 1.29 is 9.90 Å². The first-order valence-corrected chi connectivity index (χ1v) is 10.7. The molecule has 0 bridgehead atoms. The zero-order valence-corrected chi connectivity index (χ0v) is 21.2. The fourth-order valence-electron chi connectivity index (χ4n) is 4.12. The van der Waals surface area contributed by atoms with Crippen molar-refractivity contribution in [1.82, 2.24) is 4.90 Å². The number of carbonyl (C=O) groups is 1. The second-order valence-corrected chi connectivity index (χ2v) is 10.5. The molecule has 2 N–H and O–H groups in total. The van der Waals surface area contributed by atoms with Gasteiger partial charge >= 0.3 is 0 Å². The van der Waals surface area contributed by atoms with E-state index in [0.29, 0.717) is 24.4 Å². The van der Waals surface area contributed by atoms with Crippen molar-refractivity contribution in [1.29, 1.82) is 5.41 Å². The number of hydrogen-bond acceptors (Lipinski definition) is 3. The molecule has 1 aliphatic heterocycles. The van der Waals surface area contributed by atoms with Gasteiger partial charge in [0.05, 0.1) is 12.4 Å². The van der Waals surface area contributed by atoms with E-state index < -0.39 is 0 Å². The van der Waals surface area contributed by atoms with Gasteiger partial charge in [0, 0.05) is 35.6 Å². The number of phenols is 1. The van der Waals surface area contributed by atoms with Crippen LogP contribution in [0.5, 0.6) is 5.75 Å². The van der Waals surface area contributed by atoms with Crippen LogP contribution in [-0.4, -0.2) is 34.7 Å².